The predicted octanol–water partition coefficient (Wildman–Crippen LogP) is 5.04. The van der Waals surface area contributed by atoms with Crippen LogP contribution in [0.1, 0.15) is 28.9 Å². The number of rotatable bonds is 8. The van der Waals surface area contributed by atoms with Crippen LogP contribution in [0.4, 0.5) is 5.69 Å². The summed E-state index contributed by atoms with van der Waals surface area (Å²) in [5.41, 5.74) is -0.124. The lowest BCUT2D eigenvalue weighted by Gasteiger charge is -2.36. The number of carbonyl (C=O) groups is 2. The molecule has 9 nitrogen and oxygen atoms in total. The fourth-order valence-electron chi connectivity index (χ4n) is 5.71. The minimum Gasteiger partial charge on any atom is -0.497 e. The molecule has 2 atom stereocenters. The molecule has 0 bridgehead atoms. The van der Waals surface area contributed by atoms with E-state index in [4.69, 9.17) is 14.2 Å². The van der Waals surface area contributed by atoms with E-state index in [9.17, 15) is 18.0 Å². The molecule has 1 aliphatic rings. The van der Waals surface area contributed by atoms with E-state index in [-0.39, 0.29) is 4.90 Å². The Balaban J connectivity index is 1.96. The number of ether oxygens (including phenoxy) is 3. The Hall–Kier alpha value is -4.67. The van der Waals surface area contributed by atoms with Gasteiger partial charge in [-0.25, -0.2) is 18.0 Å². The van der Waals surface area contributed by atoms with Crippen LogP contribution in [-0.4, -0.2) is 51.5 Å². The third-order valence-electron chi connectivity index (χ3n) is 7.66. The van der Waals surface area contributed by atoms with Gasteiger partial charge in [-0.1, -0.05) is 78.4 Å². The van der Waals surface area contributed by atoms with Gasteiger partial charge in [-0.3, -0.25) is 0 Å². The Bertz CT molecular complexity index is 1680. The average molecular weight is 601 g/mol. The van der Waals surface area contributed by atoms with E-state index in [0.717, 1.165) is 24.1 Å². The highest BCUT2D eigenvalue weighted by Crippen LogP contribution is 2.56. The van der Waals surface area contributed by atoms with Crippen molar-refractivity contribution in [1.29, 1.82) is 0 Å². The maximum Gasteiger partial charge on any atom is 0.341 e. The smallest absolute Gasteiger partial charge is 0.341 e. The second kappa shape index (κ2) is 11.9. The summed E-state index contributed by atoms with van der Waals surface area (Å²) in [5, 5.41) is 0. The number of para-hydroxylation sites is 1. The third-order valence-corrected chi connectivity index (χ3v) is 9.54. The summed E-state index contributed by atoms with van der Waals surface area (Å²) >= 11 is 0. The van der Waals surface area contributed by atoms with E-state index in [2.05, 4.69) is 0 Å². The monoisotopic (exact) mass is 600 g/mol. The Labute approximate surface area is 251 Å². The number of methoxy groups -OCH3 is 3. The molecule has 0 amide bonds. The van der Waals surface area contributed by atoms with Crippen molar-refractivity contribution in [3.8, 4) is 5.75 Å². The molecule has 1 saturated heterocycles. The van der Waals surface area contributed by atoms with Crippen molar-refractivity contribution < 1.29 is 32.2 Å². The minimum atomic E-state index is -4.60. The Morgan fingerprint density at radius 1 is 0.698 bits per heavy atom. The highest BCUT2D eigenvalue weighted by Gasteiger charge is 2.73. The fourth-order valence-corrected chi connectivity index (χ4v) is 7.53. The molecule has 0 aromatic heterocycles. The number of sulfonamides is 1. The predicted molar refractivity (Wildman–Crippen MR) is 161 cm³/mol. The molecule has 1 aliphatic heterocycles. The van der Waals surface area contributed by atoms with Crippen LogP contribution in [-0.2, 0) is 29.1 Å². The highest BCUT2D eigenvalue weighted by atomic mass is 32.2. The van der Waals surface area contributed by atoms with Gasteiger partial charge in [0, 0.05) is 5.69 Å². The summed E-state index contributed by atoms with van der Waals surface area (Å²) in [4.78, 5) is 30.2. The standard InChI is InChI=1S/C33H32N2O7S/c1-23-15-21-28(22-16-23)43(38,39)35-30(25-11-7-5-8-12-25)34(26-13-9-6-10-14-26)29(24-17-19-27(40-2)20-18-24)33(35,31(36)41-3)32(37)42-4/h5-22,29-30H,1-4H3/t29-,30+/m1/s1. The van der Waals surface area contributed by atoms with E-state index in [0.29, 0.717) is 22.6 Å². The molecule has 0 N–H and O–H groups in total. The van der Waals surface area contributed by atoms with Gasteiger partial charge >= 0.3 is 11.9 Å². The maximum atomic E-state index is 14.9. The van der Waals surface area contributed by atoms with Gasteiger partial charge in [0.2, 0.25) is 10.0 Å². The van der Waals surface area contributed by atoms with E-state index in [1.165, 1.54) is 19.2 Å². The maximum absolute atomic E-state index is 14.9. The lowest BCUT2D eigenvalue weighted by atomic mass is 9.85. The van der Waals surface area contributed by atoms with Gasteiger partial charge in [0.15, 0.2) is 0 Å². The van der Waals surface area contributed by atoms with E-state index >= 15 is 0 Å². The zero-order valence-corrected chi connectivity index (χ0v) is 25.0. The Morgan fingerprint density at radius 2 is 1.23 bits per heavy atom. The number of carbonyl (C=O) groups excluding carboxylic acids is 2. The van der Waals surface area contributed by atoms with Crippen LogP contribution >= 0.6 is 0 Å². The molecule has 5 rings (SSSR count). The molecule has 1 fully saturated rings. The summed E-state index contributed by atoms with van der Waals surface area (Å²) in [6.07, 6.45) is -1.18. The first kappa shape index (κ1) is 29.8. The van der Waals surface area contributed by atoms with Crippen molar-refractivity contribution in [2.45, 2.75) is 29.6 Å². The molecule has 0 unspecified atom stereocenters. The summed E-state index contributed by atoms with van der Waals surface area (Å²) < 4.78 is 46.7. The third kappa shape index (κ3) is 4.92. The lowest BCUT2D eigenvalue weighted by Crippen LogP contribution is -2.62. The normalized spacial score (nSPS) is 18.2. The lowest BCUT2D eigenvalue weighted by molar-refractivity contribution is -0.168. The van der Waals surface area contributed by atoms with Gasteiger partial charge < -0.3 is 19.1 Å². The minimum absolute atomic E-state index is 0.0976. The number of benzene rings is 4. The van der Waals surface area contributed by atoms with Crippen LogP contribution in [0.2, 0.25) is 0 Å². The average Bonchev–Trinajstić information content (AvgIpc) is 3.38. The summed E-state index contributed by atoms with van der Waals surface area (Å²) in [5.74, 6) is -1.64. The van der Waals surface area contributed by atoms with Crippen LogP contribution in [0.25, 0.3) is 0 Å². The molecule has 222 valence electrons. The van der Waals surface area contributed by atoms with Crippen molar-refractivity contribution in [2.75, 3.05) is 26.2 Å². The molecule has 10 heteroatoms. The molecule has 0 aliphatic carbocycles. The highest BCUT2D eigenvalue weighted by molar-refractivity contribution is 7.89. The van der Waals surface area contributed by atoms with Crippen molar-refractivity contribution in [1.82, 2.24) is 4.31 Å². The number of esters is 2. The number of aryl methyl sites for hydroxylation is 1. The number of anilines is 1. The van der Waals surface area contributed by atoms with E-state index in [1.807, 2.05) is 13.0 Å². The van der Waals surface area contributed by atoms with Crippen LogP contribution in [0.5, 0.6) is 5.75 Å². The summed E-state index contributed by atoms with van der Waals surface area (Å²) in [6, 6.07) is 29.7. The van der Waals surface area contributed by atoms with E-state index in [1.54, 1.807) is 95.9 Å². The topological polar surface area (TPSA) is 102 Å². The molecule has 4 aromatic carbocycles. The van der Waals surface area contributed by atoms with Gasteiger partial charge in [-0.15, -0.1) is 4.31 Å². The van der Waals surface area contributed by atoms with Crippen molar-refractivity contribution >= 4 is 27.6 Å². The van der Waals surface area contributed by atoms with E-state index < -0.39 is 39.7 Å². The number of hydrogen-bond donors (Lipinski definition) is 0. The molecule has 0 saturated carbocycles. The van der Waals surface area contributed by atoms with Gasteiger partial charge in [-0.05, 0) is 54.4 Å². The molecule has 0 spiro atoms. The second-order valence-electron chi connectivity index (χ2n) is 10.1. The first-order chi connectivity index (χ1) is 20.7. The van der Waals surface area contributed by atoms with Gasteiger partial charge in [-0.2, -0.15) is 0 Å². The Kier molecular flexibility index (Phi) is 8.25. The quantitative estimate of drug-likeness (QED) is 0.205. The van der Waals surface area contributed by atoms with Crippen molar-refractivity contribution in [2.24, 2.45) is 0 Å². The Morgan fingerprint density at radius 3 is 1.74 bits per heavy atom. The van der Waals surface area contributed by atoms with Gasteiger partial charge in [0.05, 0.1) is 32.3 Å². The summed E-state index contributed by atoms with van der Waals surface area (Å²) in [6.45, 7) is 1.84. The summed E-state index contributed by atoms with van der Waals surface area (Å²) in [7, 11) is -0.832. The zero-order chi connectivity index (χ0) is 30.8. The molecule has 43 heavy (non-hydrogen) atoms. The number of nitrogens with zero attached hydrogens (tertiary/aromatic N) is 2. The second-order valence-corrected chi connectivity index (χ2v) is 11.9. The number of hydrogen-bond acceptors (Lipinski definition) is 8. The molecular formula is C33H32N2O7S. The fraction of sp³-hybridized carbons (Fsp3) is 0.212. The first-order valence-corrected chi connectivity index (χ1v) is 15.0. The van der Waals surface area contributed by atoms with Crippen LogP contribution in [0.15, 0.2) is 114 Å². The van der Waals surface area contributed by atoms with Crippen molar-refractivity contribution in [3.05, 3.63) is 126 Å². The molecular weight excluding hydrogens is 568 g/mol. The SMILES string of the molecule is COC(=O)C1(C(=O)OC)[C@@H](c2ccc(OC)cc2)N(c2ccccc2)[C@H](c2ccccc2)N1S(=O)(=O)c1ccc(C)cc1. The van der Waals surface area contributed by atoms with Gasteiger partial charge in [0.1, 0.15) is 11.9 Å². The molecule has 4 aromatic rings. The van der Waals surface area contributed by atoms with Gasteiger partial charge in [0.25, 0.3) is 5.54 Å². The zero-order valence-electron chi connectivity index (χ0n) is 24.2. The molecule has 1 heterocycles. The largest absolute Gasteiger partial charge is 0.497 e. The van der Waals surface area contributed by atoms with Crippen LogP contribution < -0.4 is 9.64 Å². The van der Waals surface area contributed by atoms with Crippen LogP contribution in [0.3, 0.4) is 0 Å². The first-order valence-electron chi connectivity index (χ1n) is 13.5. The van der Waals surface area contributed by atoms with Crippen LogP contribution in [0, 0.1) is 6.92 Å². The molecule has 0 radical (unpaired) electrons. The van der Waals surface area contributed by atoms with Crippen molar-refractivity contribution in [3.63, 3.8) is 0 Å².